The molecule has 0 radical (unpaired) electrons. The highest BCUT2D eigenvalue weighted by molar-refractivity contribution is 8.01. The molecular formula is C12H16ClNO2S. The van der Waals surface area contributed by atoms with Gasteiger partial charge >= 0.3 is 5.97 Å². The minimum absolute atomic E-state index is 0. The van der Waals surface area contributed by atoms with Gasteiger partial charge in [-0.3, -0.25) is 4.79 Å². The molecule has 5 heteroatoms. The number of esters is 1. The number of carbonyl (C=O) groups is 1. The maximum Gasteiger partial charge on any atom is 0.311 e. The van der Waals surface area contributed by atoms with Crippen molar-refractivity contribution in [2.24, 2.45) is 11.7 Å². The second-order valence-electron chi connectivity index (χ2n) is 4.09. The Hall–Kier alpha value is -0.710. The molecule has 2 rings (SSSR count). The number of methoxy groups -OCH3 is 1. The summed E-state index contributed by atoms with van der Waals surface area (Å²) in [5, 5.41) is 0. The Morgan fingerprint density at radius 2 is 2.18 bits per heavy atom. The van der Waals surface area contributed by atoms with Gasteiger partial charge in [-0.25, -0.2) is 0 Å². The number of fused-ring (bicyclic) bond motifs is 1. The smallest absolute Gasteiger partial charge is 0.311 e. The Kier molecular flexibility index (Phi) is 4.47. The summed E-state index contributed by atoms with van der Waals surface area (Å²) < 4.78 is 4.76. The van der Waals surface area contributed by atoms with Crippen molar-refractivity contribution < 1.29 is 9.53 Å². The van der Waals surface area contributed by atoms with E-state index in [9.17, 15) is 4.79 Å². The molecule has 1 unspecified atom stereocenters. The van der Waals surface area contributed by atoms with Gasteiger partial charge in [-0.15, -0.1) is 24.2 Å². The number of hydrogen-bond donors (Lipinski definition) is 1. The Morgan fingerprint density at radius 3 is 2.76 bits per heavy atom. The van der Waals surface area contributed by atoms with Crippen LogP contribution in [-0.2, 0) is 16.0 Å². The van der Waals surface area contributed by atoms with Gasteiger partial charge in [0.05, 0.1) is 17.9 Å². The molecule has 0 aliphatic carbocycles. The molecule has 1 aromatic rings. The number of rotatable bonds is 2. The second kappa shape index (κ2) is 5.29. The van der Waals surface area contributed by atoms with E-state index in [1.54, 1.807) is 11.8 Å². The molecule has 0 fully saturated rings. The number of ether oxygens (including phenoxy) is 1. The Balaban J connectivity index is 0.00000144. The molecule has 0 aromatic heterocycles. The van der Waals surface area contributed by atoms with E-state index in [-0.39, 0.29) is 24.3 Å². The number of nitrogens with two attached hydrogens (primary N) is 1. The van der Waals surface area contributed by atoms with Crippen molar-refractivity contribution >= 4 is 30.1 Å². The summed E-state index contributed by atoms with van der Waals surface area (Å²) in [4.78, 5) is 12.1. The van der Waals surface area contributed by atoms with Gasteiger partial charge in [-0.05, 0) is 18.6 Å². The average molecular weight is 274 g/mol. The number of thioether (sulfide) groups is 1. The molecule has 2 N–H and O–H groups in total. The van der Waals surface area contributed by atoms with Gasteiger partial charge < -0.3 is 10.5 Å². The maximum atomic E-state index is 11.5. The van der Waals surface area contributed by atoms with Crippen molar-refractivity contribution in [3.63, 3.8) is 0 Å². The fraction of sp³-hybridized carbons (Fsp3) is 0.417. The van der Waals surface area contributed by atoms with E-state index in [1.807, 2.05) is 25.1 Å². The maximum absolute atomic E-state index is 11.5. The van der Waals surface area contributed by atoms with Crippen molar-refractivity contribution in [1.82, 2.24) is 0 Å². The van der Waals surface area contributed by atoms with Crippen molar-refractivity contribution in [3.8, 4) is 0 Å². The zero-order valence-corrected chi connectivity index (χ0v) is 11.4. The Labute approximate surface area is 112 Å². The highest BCUT2D eigenvalue weighted by atomic mass is 35.5. The third-order valence-corrected chi connectivity index (χ3v) is 4.52. The van der Waals surface area contributed by atoms with Gasteiger partial charge in [0.15, 0.2) is 0 Å². The molecule has 1 heterocycles. The molecule has 94 valence electrons. The van der Waals surface area contributed by atoms with E-state index in [1.165, 1.54) is 17.6 Å². The minimum Gasteiger partial charge on any atom is -0.469 e. The topological polar surface area (TPSA) is 52.3 Å². The van der Waals surface area contributed by atoms with E-state index in [4.69, 9.17) is 10.5 Å². The first-order valence-corrected chi connectivity index (χ1v) is 6.02. The SMILES string of the molecule is COC(=O)[C@@H](C)C1(N)Cc2ccccc2S1.Cl. The monoisotopic (exact) mass is 273 g/mol. The molecule has 0 spiro atoms. The lowest BCUT2D eigenvalue weighted by atomic mass is 9.95. The molecule has 0 amide bonds. The van der Waals surface area contributed by atoms with Crippen molar-refractivity contribution in [1.29, 1.82) is 0 Å². The van der Waals surface area contributed by atoms with Gasteiger partial charge in [-0.1, -0.05) is 18.2 Å². The van der Waals surface area contributed by atoms with Crippen LogP contribution in [0.4, 0.5) is 0 Å². The van der Waals surface area contributed by atoms with Crippen LogP contribution in [0.2, 0.25) is 0 Å². The molecule has 1 aliphatic heterocycles. The number of hydrogen-bond acceptors (Lipinski definition) is 4. The van der Waals surface area contributed by atoms with E-state index in [0.29, 0.717) is 6.42 Å². The third-order valence-electron chi connectivity index (χ3n) is 3.03. The summed E-state index contributed by atoms with van der Waals surface area (Å²) in [5.74, 6) is -0.558. The molecular weight excluding hydrogens is 258 g/mol. The van der Waals surface area contributed by atoms with Crippen LogP contribution < -0.4 is 5.73 Å². The van der Waals surface area contributed by atoms with Crippen LogP contribution in [0.25, 0.3) is 0 Å². The standard InChI is InChI=1S/C12H15NO2S.ClH/c1-8(11(14)15-2)12(13)7-9-5-3-4-6-10(9)16-12;/h3-6,8H,7,13H2,1-2H3;1H/t8-,12?;/m1./s1. The van der Waals surface area contributed by atoms with Crippen LogP contribution in [0.1, 0.15) is 12.5 Å². The molecule has 0 saturated carbocycles. The van der Waals surface area contributed by atoms with E-state index >= 15 is 0 Å². The van der Waals surface area contributed by atoms with Crippen LogP contribution in [0.5, 0.6) is 0 Å². The van der Waals surface area contributed by atoms with Crippen LogP contribution in [0.15, 0.2) is 29.2 Å². The molecule has 0 bridgehead atoms. The fourth-order valence-electron chi connectivity index (χ4n) is 1.91. The first-order valence-electron chi connectivity index (χ1n) is 5.20. The van der Waals surface area contributed by atoms with Gasteiger partial charge in [0.1, 0.15) is 0 Å². The number of benzene rings is 1. The summed E-state index contributed by atoms with van der Waals surface area (Å²) >= 11 is 1.57. The van der Waals surface area contributed by atoms with E-state index < -0.39 is 4.87 Å². The predicted octanol–water partition coefficient (Wildman–Crippen LogP) is 2.22. The molecule has 1 aromatic carbocycles. The van der Waals surface area contributed by atoms with E-state index in [2.05, 4.69) is 6.07 Å². The highest BCUT2D eigenvalue weighted by Gasteiger charge is 2.43. The molecule has 17 heavy (non-hydrogen) atoms. The van der Waals surface area contributed by atoms with Gasteiger partial charge in [-0.2, -0.15) is 0 Å². The summed E-state index contributed by atoms with van der Waals surface area (Å²) in [6.45, 7) is 1.82. The van der Waals surface area contributed by atoms with Crippen LogP contribution in [0, 0.1) is 5.92 Å². The first kappa shape index (κ1) is 14.4. The van der Waals surface area contributed by atoms with Crippen molar-refractivity contribution in [3.05, 3.63) is 29.8 Å². The number of carbonyl (C=O) groups excluding carboxylic acids is 1. The summed E-state index contributed by atoms with van der Waals surface area (Å²) in [5.41, 5.74) is 7.51. The zero-order valence-electron chi connectivity index (χ0n) is 9.80. The van der Waals surface area contributed by atoms with Crippen LogP contribution in [0.3, 0.4) is 0 Å². The lowest BCUT2D eigenvalue weighted by molar-refractivity contribution is -0.145. The van der Waals surface area contributed by atoms with Crippen LogP contribution >= 0.6 is 24.2 Å². The van der Waals surface area contributed by atoms with Crippen molar-refractivity contribution in [2.45, 2.75) is 23.1 Å². The van der Waals surface area contributed by atoms with Crippen molar-refractivity contribution in [2.75, 3.05) is 7.11 Å². The average Bonchev–Trinajstić information content (AvgIpc) is 2.64. The first-order chi connectivity index (χ1) is 7.57. The zero-order chi connectivity index (χ0) is 11.8. The van der Waals surface area contributed by atoms with Gasteiger partial charge in [0.2, 0.25) is 0 Å². The third kappa shape index (κ3) is 2.59. The lowest BCUT2D eigenvalue weighted by Gasteiger charge is -2.27. The summed E-state index contributed by atoms with van der Waals surface area (Å²) in [7, 11) is 1.40. The normalized spacial score (nSPS) is 23.5. The number of halogens is 1. The molecule has 1 aliphatic rings. The largest absolute Gasteiger partial charge is 0.469 e. The fourth-order valence-corrected chi connectivity index (χ4v) is 3.23. The quantitative estimate of drug-likeness (QED) is 0.840. The summed E-state index contributed by atoms with van der Waals surface area (Å²) in [6, 6.07) is 8.08. The van der Waals surface area contributed by atoms with E-state index in [0.717, 1.165) is 0 Å². The van der Waals surface area contributed by atoms with Gasteiger partial charge in [0, 0.05) is 11.3 Å². The molecule has 2 atom stereocenters. The predicted molar refractivity (Wildman–Crippen MR) is 71.3 cm³/mol. The Morgan fingerprint density at radius 1 is 1.53 bits per heavy atom. The summed E-state index contributed by atoms with van der Waals surface area (Å²) in [6.07, 6.45) is 0.712. The van der Waals surface area contributed by atoms with Gasteiger partial charge in [0.25, 0.3) is 0 Å². The van der Waals surface area contributed by atoms with Crippen LogP contribution in [-0.4, -0.2) is 18.0 Å². The Bertz CT molecular complexity index is 400. The lowest BCUT2D eigenvalue weighted by Crippen LogP contribution is -2.46. The highest BCUT2D eigenvalue weighted by Crippen LogP contribution is 2.45. The minimum atomic E-state index is -0.573. The second-order valence-corrected chi connectivity index (χ2v) is 5.49. The molecule has 3 nitrogen and oxygen atoms in total. The molecule has 0 saturated heterocycles.